The Morgan fingerprint density at radius 1 is 1.46 bits per heavy atom. The first kappa shape index (κ1) is 12.7. The first-order chi connectivity index (χ1) is 5.90. The predicted molar refractivity (Wildman–Crippen MR) is 57.7 cm³/mol. The second-order valence-electron chi connectivity index (χ2n) is 4.32. The van der Waals surface area contributed by atoms with Crippen molar-refractivity contribution in [3.63, 3.8) is 0 Å². The van der Waals surface area contributed by atoms with Gasteiger partial charge in [-0.25, -0.2) is 0 Å². The molecule has 0 aliphatic carbocycles. The largest absolute Gasteiger partial charge is 0.389 e. The molecular weight excluding hydrogens is 162 g/mol. The van der Waals surface area contributed by atoms with Gasteiger partial charge in [0.05, 0.1) is 5.60 Å². The number of hydrogen-bond donors (Lipinski definition) is 2. The van der Waals surface area contributed by atoms with Crippen LogP contribution >= 0.6 is 0 Å². The molecular formula is C11H23NO. The van der Waals surface area contributed by atoms with E-state index in [1.165, 1.54) is 0 Å². The fourth-order valence-corrected chi connectivity index (χ4v) is 0.918. The summed E-state index contributed by atoms with van der Waals surface area (Å²) in [5, 5.41) is 13.2. The van der Waals surface area contributed by atoms with Gasteiger partial charge >= 0.3 is 0 Å². The van der Waals surface area contributed by atoms with Crippen LogP contribution < -0.4 is 5.32 Å². The molecule has 0 aliphatic rings. The van der Waals surface area contributed by atoms with Crippen molar-refractivity contribution in [2.75, 3.05) is 6.54 Å². The number of rotatable bonds is 6. The Hall–Kier alpha value is -0.340. The van der Waals surface area contributed by atoms with Gasteiger partial charge in [0.1, 0.15) is 0 Å². The van der Waals surface area contributed by atoms with Crippen molar-refractivity contribution in [2.24, 2.45) is 5.92 Å². The van der Waals surface area contributed by atoms with Crippen molar-refractivity contribution in [2.45, 2.75) is 45.8 Å². The standard InChI is InChI=1S/C11H23NO/c1-6-7-10(4)12-8-11(5,13)9(2)3/h6,9-10,12-13H,1,7-8H2,2-5H3. The lowest BCUT2D eigenvalue weighted by Gasteiger charge is -2.29. The quantitative estimate of drug-likeness (QED) is 0.620. The van der Waals surface area contributed by atoms with E-state index in [9.17, 15) is 5.11 Å². The molecule has 0 heterocycles. The van der Waals surface area contributed by atoms with Crippen LogP contribution in [0.25, 0.3) is 0 Å². The van der Waals surface area contributed by atoms with Crippen molar-refractivity contribution in [1.29, 1.82) is 0 Å². The third kappa shape index (κ3) is 5.06. The topological polar surface area (TPSA) is 32.3 Å². The van der Waals surface area contributed by atoms with Crippen LogP contribution in [-0.4, -0.2) is 23.3 Å². The zero-order chi connectivity index (χ0) is 10.5. The van der Waals surface area contributed by atoms with Gasteiger partial charge in [-0.1, -0.05) is 19.9 Å². The van der Waals surface area contributed by atoms with E-state index in [4.69, 9.17) is 0 Å². The maximum Gasteiger partial charge on any atom is 0.0766 e. The SMILES string of the molecule is C=CCC(C)NCC(C)(O)C(C)C. The van der Waals surface area contributed by atoms with Crippen molar-refractivity contribution in [3.8, 4) is 0 Å². The Kier molecular flexibility index (Phi) is 5.26. The Bertz CT molecular complexity index is 152. The summed E-state index contributed by atoms with van der Waals surface area (Å²) < 4.78 is 0. The first-order valence-corrected chi connectivity index (χ1v) is 4.96. The van der Waals surface area contributed by atoms with Gasteiger partial charge in [0.25, 0.3) is 0 Å². The first-order valence-electron chi connectivity index (χ1n) is 4.96. The van der Waals surface area contributed by atoms with Crippen LogP contribution in [0.4, 0.5) is 0 Å². The molecule has 0 aliphatic heterocycles. The molecule has 0 aromatic heterocycles. The molecule has 0 aromatic rings. The van der Waals surface area contributed by atoms with E-state index in [1.54, 1.807) is 0 Å². The second kappa shape index (κ2) is 5.40. The maximum absolute atomic E-state index is 9.92. The minimum atomic E-state index is -0.616. The van der Waals surface area contributed by atoms with Crippen molar-refractivity contribution < 1.29 is 5.11 Å². The molecule has 0 fully saturated rings. The van der Waals surface area contributed by atoms with Crippen molar-refractivity contribution in [1.82, 2.24) is 5.32 Å². The van der Waals surface area contributed by atoms with Gasteiger partial charge in [-0.15, -0.1) is 6.58 Å². The van der Waals surface area contributed by atoms with E-state index in [0.29, 0.717) is 12.6 Å². The molecule has 0 amide bonds. The van der Waals surface area contributed by atoms with Gasteiger partial charge in [0.15, 0.2) is 0 Å². The molecule has 2 heteroatoms. The monoisotopic (exact) mass is 185 g/mol. The van der Waals surface area contributed by atoms with E-state index in [2.05, 4.69) is 18.8 Å². The summed E-state index contributed by atoms with van der Waals surface area (Å²) in [6, 6.07) is 0.391. The molecule has 13 heavy (non-hydrogen) atoms. The maximum atomic E-state index is 9.92. The molecule has 2 unspecified atom stereocenters. The number of hydrogen-bond acceptors (Lipinski definition) is 2. The van der Waals surface area contributed by atoms with Crippen LogP contribution in [0, 0.1) is 5.92 Å². The normalized spacial score (nSPS) is 18.3. The summed E-state index contributed by atoms with van der Waals surface area (Å²) in [6.07, 6.45) is 2.83. The molecule has 0 spiro atoms. The predicted octanol–water partition coefficient (Wildman–Crippen LogP) is 1.95. The minimum absolute atomic E-state index is 0.274. The van der Waals surface area contributed by atoms with Crippen LogP contribution in [0.15, 0.2) is 12.7 Å². The summed E-state index contributed by atoms with van der Waals surface area (Å²) >= 11 is 0. The Balaban J connectivity index is 3.80. The molecule has 0 saturated heterocycles. The molecule has 2 N–H and O–H groups in total. The Labute approximate surface area is 82.0 Å². The summed E-state index contributed by atoms with van der Waals surface area (Å²) in [4.78, 5) is 0. The average molecular weight is 185 g/mol. The van der Waals surface area contributed by atoms with Gasteiger partial charge < -0.3 is 10.4 Å². The highest BCUT2D eigenvalue weighted by Gasteiger charge is 2.24. The molecule has 0 aromatic carbocycles. The summed E-state index contributed by atoms with van der Waals surface area (Å²) in [7, 11) is 0. The molecule has 0 bridgehead atoms. The molecule has 0 rings (SSSR count). The third-order valence-electron chi connectivity index (χ3n) is 2.57. The van der Waals surface area contributed by atoms with Gasteiger partial charge in [-0.2, -0.15) is 0 Å². The molecule has 78 valence electrons. The number of aliphatic hydroxyl groups is 1. The lowest BCUT2D eigenvalue weighted by molar-refractivity contribution is 0.0123. The lowest BCUT2D eigenvalue weighted by atomic mass is 9.92. The van der Waals surface area contributed by atoms with E-state index in [1.807, 2.05) is 26.8 Å². The Morgan fingerprint density at radius 3 is 2.38 bits per heavy atom. The lowest BCUT2D eigenvalue weighted by Crippen LogP contribution is -2.44. The number of nitrogens with one attached hydrogen (secondary N) is 1. The van der Waals surface area contributed by atoms with E-state index < -0.39 is 5.60 Å². The zero-order valence-electron chi connectivity index (χ0n) is 9.30. The summed E-state index contributed by atoms with van der Waals surface area (Å²) in [6.45, 7) is 12.3. The second-order valence-corrected chi connectivity index (χ2v) is 4.32. The van der Waals surface area contributed by atoms with Crippen LogP contribution in [0.2, 0.25) is 0 Å². The van der Waals surface area contributed by atoms with Crippen molar-refractivity contribution >= 4 is 0 Å². The molecule has 0 saturated carbocycles. The minimum Gasteiger partial charge on any atom is -0.389 e. The van der Waals surface area contributed by atoms with Crippen LogP contribution in [0.3, 0.4) is 0 Å². The van der Waals surface area contributed by atoms with E-state index >= 15 is 0 Å². The summed E-state index contributed by atoms with van der Waals surface area (Å²) in [5.41, 5.74) is -0.616. The summed E-state index contributed by atoms with van der Waals surface area (Å²) in [5.74, 6) is 0.274. The van der Waals surface area contributed by atoms with Gasteiger partial charge in [0.2, 0.25) is 0 Å². The fourth-order valence-electron chi connectivity index (χ4n) is 0.918. The van der Waals surface area contributed by atoms with Gasteiger partial charge in [0, 0.05) is 12.6 Å². The molecule has 2 atom stereocenters. The average Bonchev–Trinajstić information content (AvgIpc) is 2.01. The highest BCUT2D eigenvalue weighted by atomic mass is 16.3. The molecule has 2 nitrogen and oxygen atoms in total. The highest BCUT2D eigenvalue weighted by Crippen LogP contribution is 2.14. The zero-order valence-corrected chi connectivity index (χ0v) is 9.30. The fraction of sp³-hybridized carbons (Fsp3) is 0.818. The van der Waals surface area contributed by atoms with E-state index in [0.717, 1.165) is 6.42 Å². The van der Waals surface area contributed by atoms with Gasteiger partial charge in [-0.3, -0.25) is 0 Å². The highest BCUT2D eigenvalue weighted by molar-refractivity contribution is 4.82. The van der Waals surface area contributed by atoms with Crippen LogP contribution in [-0.2, 0) is 0 Å². The van der Waals surface area contributed by atoms with Gasteiger partial charge in [-0.05, 0) is 26.2 Å². The van der Waals surface area contributed by atoms with Crippen molar-refractivity contribution in [3.05, 3.63) is 12.7 Å². The van der Waals surface area contributed by atoms with Crippen LogP contribution in [0.5, 0.6) is 0 Å². The third-order valence-corrected chi connectivity index (χ3v) is 2.57. The Morgan fingerprint density at radius 2 is 2.00 bits per heavy atom. The molecule has 0 radical (unpaired) electrons. The smallest absolute Gasteiger partial charge is 0.0766 e. The van der Waals surface area contributed by atoms with Crippen LogP contribution in [0.1, 0.15) is 34.1 Å². The van der Waals surface area contributed by atoms with E-state index in [-0.39, 0.29) is 5.92 Å².